The van der Waals surface area contributed by atoms with Crippen molar-refractivity contribution in [3.05, 3.63) is 87.7 Å². The molecule has 0 radical (unpaired) electrons. The van der Waals surface area contributed by atoms with Gasteiger partial charge in [-0.25, -0.2) is 0 Å². The van der Waals surface area contributed by atoms with Crippen LogP contribution in [0.2, 0.25) is 0 Å². The Bertz CT molecular complexity index is 1140. The van der Waals surface area contributed by atoms with Gasteiger partial charge in [0.05, 0.1) is 17.4 Å². The highest BCUT2D eigenvalue weighted by Crippen LogP contribution is 2.44. The zero-order chi connectivity index (χ0) is 22.9. The second kappa shape index (κ2) is 8.94. The van der Waals surface area contributed by atoms with Crippen LogP contribution in [0.3, 0.4) is 0 Å². The van der Waals surface area contributed by atoms with Gasteiger partial charge < -0.3 is 10.2 Å². The molecule has 0 saturated carbocycles. The monoisotopic (exact) mass is 503 g/mol. The van der Waals surface area contributed by atoms with Crippen molar-refractivity contribution in [3.8, 4) is 0 Å². The van der Waals surface area contributed by atoms with Crippen molar-refractivity contribution in [1.82, 2.24) is 4.98 Å². The van der Waals surface area contributed by atoms with Gasteiger partial charge >= 0.3 is 6.18 Å². The number of anilines is 2. The molecule has 0 bridgehead atoms. The minimum atomic E-state index is -4.53. The van der Waals surface area contributed by atoms with Crippen molar-refractivity contribution in [2.45, 2.75) is 25.4 Å². The molecule has 3 aromatic rings. The molecule has 1 amide bonds. The van der Waals surface area contributed by atoms with E-state index in [-0.39, 0.29) is 16.8 Å². The summed E-state index contributed by atoms with van der Waals surface area (Å²) in [6.07, 6.45) is -0.631. The normalized spacial score (nSPS) is 16.3. The first kappa shape index (κ1) is 22.3. The van der Waals surface area contributed by atoms with Crippen molar-refractivity contribution in [2.75, 3.05) is 23.3 Å². The number of rotatable bonds is 4. The number of nitrogens with zero attached hydrogens (tertiary/aromatic N) is 2. The molecule has 1 unspecified atom stereocenters. The highest BCUT2D eigenvalue weighted by molar-refractivity contribution is 9.10. The largest absolute Gasteiger partial charge is 0.417 e. The summed E-state index contributed by atoms with van der Waals surface area (Å²) in [6.45, 7) is 2.46. The van der Waals surface area contributed by atoms with Crippen LogP contribution in [-0.4, -0.2) is 24.0 Å². The average molecular weight is 504 g/mol. The number of alkyl halides is 3. The zero-order valence-corrected chi connectivity index (χ0v) is 18.9. The lowest BCUT2D eigenvalue weighted by molar-refractivity contribution is -0.138. The first-order valence-electron chi connectivity index (χ1n) is 10.2. The van der Waals surface area contributed by atoms with Gasteiger partial charge in [0.25, 0.3) is 5.91 Å². The fraction of sp³-hybridized carbons (Fsp3) is 0.250. The van der Waals surface area contributed by atoms with Gasteiger partial charge in [-0.15, -0.1) is 0 Å². The lowest BCUT2D eigenvalue weighted by atomic mass is 9.88. The van der Waals surface area contributed by atoms with Crippen molar-refractivity contribution < 1.29 is 18.0 Å². The van der Waals surface area contributed by atoms with Gasteiger partial charge in [-0.1, -0.05) is 24.3 Å². The number of amides is 1. The quantitative estimate of drug-likeness (QED) is 0.446. The van der Waals surface area contributed by atoms with E-state index in [2.05, 4.69) is 26.2 Å². The van der Waals surface area contributed by atoms with Crippen molar-refractivity contribution in [1.29, 1.82) is 0 Å². The molecular formula is C24H21BrF3N3O. The maximum absolute atomic E-state index is 14.1. The van der Waals surface area contributed by atoms with Crippen LogP contribution < -0.4 is 10.2 Å². The third kappa shape index (κ3) is 4.65. The van der Waals surface area contributed by atoms with E-state index >= 15 is 0 Å². The van der Waals surface area contributed by atoms with E-state index in [0.29, 0.717) is 25.1 Å². The number of carbonyl (C=O) groups is 1. The fourth-order valence-corrected chi connectivity index (χ4v) is 4.58. The molecular weight excluding hydrogens is 483 g/mol. The topological polar surface area (TPSA) is 45.2 Å². The standard InChI is InChI=1S/C24H21BrF3N3O/c1-15-7-8-20(30-23(32)16-5-3-2-4-6-16)21(22(15)24(26,27)28)17-9-10-31(14-17)19-11-18(25)12-29-13-19/h2-8,11-13,17H,9-10,14H2,1H3,(H,30,32). The molecule has 4 rings (SSSR count). The van der Waals surface area contributed by atoms with Crippen LogP contribution >= 0.6 is 15.9 Å². The Morgan fingerprint density at radius 1 is 1.16 bits per heavy atom. The Morgan fingerprint density at radius 2 is 1.91 bits per heavy atom. The third-order valence-electron chi connectivity index (χ3n) is 5.67. The van der Waals surface area contributed by atoms with Gasteiger partial charge in [-0.3, -0.25) is 9.78 Å². The molecule has 4 nitrogen and oxygen atoms in total. The van der Waals surface area contributed by atoms with Crippen LogP contribution in [-0.2, 0) is 6.18 Å². The highest BCUT2D eigenvalue weighted by atomic mass is 79.9. The minimum absolute atomic E-state index is 0.146. The molecule has 8 heteroatoms. The van der Waals surface area contributed by atoms with Gasteiger partial charge in [0.2, 0.25) is 0 Å². The maximum Gasteiger partial charge on any atom is 0.417 e. The lowest BCUT2D eigenvalue weighted by Gasteiger charge is -2.24. The summed E-state index contributed by atoms with van der Waals surface area (Å²) in [5.41, 5.74) is 1.07. The van der Waals surface area contributed by atoms with Gasteiger partial charge in [0.15, 0.2) is 0 Å². The van der Waals surface area contributed by atoms with Crippen molar-refractivity contribution in [3.63, 3.8) is 0 Å². The fourth-order valence-electron chi connectivity index (χ4n) is 4.23. The molecule has 1 aliphatic heterocycles. The molecule has 32 heavy (non-hydrogen) atoms. The molecule has 0 spiro atoms. The molecule has 1 saturated heterocycles. The van der Waals surface area contributed by atoms with E-state index in [1.807, 2.05) is 11.0 Å². The second-order valence-electron chi connectivity index (χ2n) is 7.83. The number of carbonyl (C=O) groups excluding carboxylic acids is 1. The highest BCUT2D eigenvalue weighted by Gasteiger charge is 2.40. The maximum atomic E-state index is 14.1. The van der Waals surface area contributed by atoms with Crippen molar-refractivity contribution in [2.24, 2.45) is 0 Å². The Kier molecular flexibility index (Phi) is 6.24. The summed E-state index contributed by atoms with van der Waals surface area (Å²) in [4.78, 5) is 18.9. The summed E-state index contributed by atoms with van der Waals surface area (Å²) in [5.74, 6) is -0.827. The summed E-state index contributed by atoms with van der Waals surface area (Å²) in [7, 11) is 0. The summed E-state index contributed by atoms with van der Waals surface area (Å²) >= 11 is 3.39. The Labute approximate surface area is 192 Å². The van der Waals surface area contributed by atoms with Crippen LogP contribution in [0.25, 0.3) is 0 Å². The van der Waals surface area contributed by atoms with Crippen LogP contribution in [0.1, 0.15) is 39.4 Å². The number of aryl methyl sites for hydroxylation is 1. The van der Waals surface area contributed by atoms with E-state index in [0.717, 1.165) is 10.2 Å². The molecule has 1 aromatic heterocycles. The van der Waals surface area contributed by atoms with E-state index in [1.54, 1.807) is 48.8 Å². The lowest BCUT2D eigenvalue weighted by Crippen LogP contribution is -2.22. The minimum Gasteiger partial charge on any atom is -0.370 e. The smallest absolute Gasteiger partial charge is 0.370 e. The van der Waals surface area contributed by atoms with Gasteiger partial charge in [-0.2, -0.15) is 13.2 Å². The summed E-state index contributed by atoms with van der Waals surface area (Å²) in [6, 6.07) is 13.4. The predicted octanol–water partition coefficient (Wildman–Crippen LogP) is 6.42. The summed E-state index contributed by atoms with van der Waals surface area (Å²) in [5, 5.41) is 2.73. The SMILES string of the molecule is Cc1ccc(NC(=O)c2ccccc2)c(C2CCN(c3cncc(Br)c3)C2)c1C(F)(F)F. The number of halogens is 4. The van der Waals surface area contributed by atoms with E-state index in [9.17, 15) is 18.0 Å². The second-order valence-corrected chi connectivity index (χ2v) is 8.75. The van der Waals surface area contributed by atoms with E-state index in [1.165, 1.54) is 13.0 Å². The zero-order valence-electron chi connectivity index (χ0n) is 17.3. The van der Waals surface area contributed by atoms with Crippen LogP contribution in [0, 0.1) is 6.92 Å². The van der Waals surface area contributed by atoms with Crippen LogP contribution in [0.5, 0.6) is 0 Å². The summed E-state index contributed by atoms with van der Waals surface area (Å²) < 4.78 is 43.2. The molecule has 1 N–H and O–H groups in total. The predicted molar refractivity (Wildman–Crippen MR) is 122 cm³/mol. The molecule has 1 atom stereocenters. The van der Waals surface area contributed by atoms with Gasteiger partial charge in [0.1, 0.15) is 0 Å². The first-order valence-corrected chi connectivity index (χ1v) is 11.0. The average Bonchev–Trinajstić information content (AvgIpc) is 3.24. The first-order chi connectivity index (χ1) is 15.2. The molecule has 1 aliphatic rings. The van der Waals surface area contributed by atoms with Crippen molar-refractivity contribution >= 4 is 33.2 Å². The van der Waals surface area contributed by atoms with Gasteiger partial charge in [-0.05, 0) is 64.7 Å². The molecule has 2 heterocycles. The molecule has 2 aromatic carbocycles. The van der Waals surface area contributed by atoms with Crippen LogP contribution in [0.4, 0.5) is 24.5 Å². The number of benzene rings is 2. The van der Waals surface area contributed by atoms with E-state index < -0.39 is 23.6 Å². The third-order valence-corrected chi connectivity index (χ3v) is 6.11. The molecule has 0 aliphatic carbocycles. The number of aromatic nitrogens is 1. The number of hydrogen-bond donors (Lipinski definition) is 1. The van der Waals surface area contributed by atoms with E-state index in [4.69, 9.17) is 0 Å². The van der Waals surface area contributed by atoms with Gasteiger partial charge in [0, 0.05) is 40.9 Å². The Balaban J connectivity index is 1.72. The molecule has 1 fully saturated rings. The number of pyridine rings is 1. The number of hydrogen-bond acceptors (Lipinski definition) is 3. The van der Waals surface area contributed by atoms with Crippen LogP contribution in [0.15, 0.2) is 65.4 Å². The molecule has 166 valence electrons. The Morgan fingerprint density at radius 3 is 2.59 bits per heavy atom. The Hall–Kier alpha value is -2.87. The number of nitrogens with one attached hydrogen (secondary N) is 1.